The summed E-state index contributed by atoms with van der Waals surface area (Å²) in [6.45, 7) is 3.00. The van der Waals surface area contributed by atoms with Crippen LogP contribution in [0.4, 0.5) is 0 Å². The molecule has 4 heteroatoms. The lowest BCUT2D eigenvalue weighted by molar-refractivity contribution is 0.0951. The van der Waals surface area contributed by atoms with Gasteiger partial charge in [-0.3, -0.25) is 9.78 Å². The molecule has 1 rings (SSSR count). The number of hydrogen-bond acceptors (Lipinski definition) is 3. The number of amides is 1. The molecular weight excluding hydrogens is 340 g/mol. The fourth-order valence-electron chi connectivity index (χ4n) is 2.97. The number of carbonyl (C=O) groups is 1. The largest absolute Gasteiger partial charge is 0.350 e. The maximum atomic E-state index is 11.8. The summed E-state index contributed by atoms with van der Waals surface area (Å²) in [4.78, 5) is 15.9. The van der Waals surface area contributed by atoms with Crippen LogP contribution in [-0.4, -0.2) is 28.9 Å². The highest BCUT2D eigenvalue weighted by atomic mass is 32.2. The molecule has 1 aromatic heterocycles. The third-order valence-electron chi connectivity index (χ3n) is 4.57. The zero-order chi connectivity index (χ0) is 18.7. The van der Waals surface area contributed by atoms with Crippen LogP contribution in [0.25, 0.3) is 0 Å². The molecule has 0 spiro atoms. The van der Waals surface area contributed by atoms with Gasteiger partial charge < -0.3 is 5.32 Å². The summed E-state index contributed by atoms with van der Waals surface area (Å²) >= 11 is 1.94. The van der Waals surface area contributed by atoms with Gasteiger partial charge in [0.15, 0.2) is 0 Å². The summed E-state index contributed by atoms with van der Waals surface area (Å²) < 4.78 is 0. The molecule has 0 saturated carbocycles. The van der Waals surface area contributed by atoms with Crippen molar-refractivity contribution in [3.05, 3.63) is 30.1 Å². The molecule has 0 atom stereocenters. The Hall–Kier alpha value is -1.03. The normalized spacial score (nSPS) is 10.8. The molecule has 0 aromatic carbocycles. The molecule has 0 radical (unpaired) electrons. The minimum Gasteiger partial charge on any atom is -0.350 e. The molecule has 0 aliphatic rings. The van der Waals surface area contributed by atoms with Crippen molar-refractivity contribution in [3.8, 4) is 0 Å². The van der Waals surface area contributed by atoms with Crippen LogP contribution in [0.1, 0.15) is 94.5 Å². The minimum atomic E-state index is -0.0726. The third kappa shape index (κ3) is 13.2. The van der Waals surface area contributed by atoms with Gasteiger partial charge in [0.25, 0.3) is 5.91 Å². The second-order valence-electron chi connectivity index (χ2n) is 6.97. The molecule has 1 N–H and O–H groups in total. The Labute approximate surface area is 165 Å². The number of unbranched alkanes of at least 4 members (excludes halogenated alkanes) is 11. The minimum absolute atomic E-state index is 0.0726. The van der Waals surface area contributed by atoms with Gasteiger partial charge in [-0.05, 0) is 24.3 Å². The fourth-order valence-corrected chi connectivity index (χ4v) is 3.83. The molecule has 0 aliphatic heterocycles. The molecule has 0 unspecified atom stereocenters. The van der Waals surface area contributed by atoms with E-state index in [9.17, 15) is 4.79 Å². The zero-order valence-electron chi connectivity index (χ0n) is 16.7. The number of hydrogen-bond donors (Lipinski definition) is 1. The molecule has 1 amide bonds. The highest BCUT2D eigenvalue weighted by Gasteiger charge is 2.04. The van der Waals surface area contributed by atoms with Crippen LogP contribution in [0.2, 0.25) is 0 Å². The van der Waals surface area contributed by atoms with Crippen molar-refractivity contribution < 1.29 is 4.79 Å². The van der Waals surface area contributed by atoms with E-state index in [1.807, 2.05) is 23.9 Å². The molecule has 148 valence electrons. The van der Waals surface area contributed by atoms with Crippen molar-refractivity contribution in [3.63, 3.8) is 0 Å². The molecule has 0 bridgehead atoms. The first-order valence-corrected chi connectivity index (χ1v) is 11.8. The van der Waals surface area contributed by atoms with E-state index in [1.54, 1.807) is 12.3 Å². The van der Waals surface area contributed by atoms with Gasteiger partial charge >= 0.3 is 0 Å². The van der Waals surface area contributed by atoms with E-state index >= 15 is 0 Å². The SMILES string of the molecule is CCCCCCCCCCCCCCSCCNC(=O)c1ccccn1. The lowest BCUT2D eigenvalue weighted by Crippen LogP contribution is -2.26. The van der Waals surface area contributed by atoms with Gasteiger partial charge in [0.05, 0.1) is 0 Å². The number of aromatic nitrogens is 1. The number of carbonyl (C=O) groups excluding carboxylic acids is 1. The Morgan fingerprint density at radius 2 is 1.50 bits per heavy atom. The highest BCUT2D eigenvalue weighted by molar-refractivity contribution is 7.99. The van der Waals surface area contributed by atoms with Crippen LogP contribution in [0.15, 0.2) is 24.4 Å². The lowest BCUT2D eigenvalue weighted by atomic mass is 10.1. The smallest absolute Gasteiger partial charge is 0.269 e. The van der Waals surface area contributed by atoms with Crippen molar-refractivity contribution in [2.45, 2.75) is 84.0 Å². The van der Waals surface area contributed by atoms with Gasteiger partial charge in [0.1, 0.15) is 5.69 Å². The van der Waals surface area contributed by atoms with Crippen LogP contribution in [0.3, 0.4) is 0 Å². The van der Waals surface area contributed by atoms with Crippen LogP contribution < -0.4 is 5.32 Å². The third-order valence-corrected chi connectivity index (χ3v) is 5.64. The van der Waals surface area contributed by atoms with Crippen molar-refractivity contribution in [2.24, 2.45) is 0 Å². The zero-order valence-corrected chi connectivity index (χ0v) is 17.5. The van der Waals surface area contributed by atoms with E-state index in [-0.39, 0.29) is 5.91 Å². The molecule has 26 heavy (non-hydrogen) atoms. The van der Waals surface area contributed by atoms with Crippen molar-refractivity contribution in [1.82, 2.24) is 10.3 Å². The average Bonchev–Trinajstić information content (AvgIpc) is 2.68. The van der Waals surface area contributed by atoms with Crippen molar-refractivity contribution in [2.75, 3.05) is 18.1 Å². The molecule has 0 fully saturated rings. The number of nitrogens with zero attached hydrogens (tertiary/aromatic N) is 1. The van der Waals surface area contributed by atoms with Gasteiger partial charge in [-0.25, -0.2) is 0 Å². The van der Waals surface area contributed by atoms with Crippen LogP contribution in [0, 0.1) is 0 Å². The molecule has 1 heterocycles. The van der Waals surface area contributed by atoms with Gasteiger partial charge in [0.2, 0.25) is 0 Å². The van der Waals surface area contributed by atoms with Gasteiger partial charge in [-0.2, -0.15) is 11.8 Å². The molecular formula is C22H38N2OS. The lowest BCUT2D eigenvalue weighted by Gasteiger charge is -2.05. The van der Waals surface area contributed by atoms with E-state index < -0.39 is 0 Å². The fraction of sp³-hybridized carbons (Fsp3) is 0.727. The average molecular weight is 379 g/mol. The summed E-state index contributed by atoms with van der Waals surface area (Å²) in [5.41, 5.74) is 0.499. The maximum Gasteiger partial charge on any atom is 0.269 e. The Kier molecular flexibility index (Phi) is 15.4. The summed E-state index contributed by atoms with van der Waals surface area (Å²) in [6.07, 6.45) is 18.4. The second-order valence-corrected chi connectivity index (χ2v) is 8.20. The first kappa shape index (κ1) is 23.0. The summed E-state index contributed by atoms with van der Waals surface area (Å²) in [5, 5.41) is 2.92. The maximum absolute atomic E-state index is 11.8. The van der Waals surface area contributed by atoms with E-state index in [4.69, 9.17) is 0 Å². The van der Waals surface area contributed by atoms with E-state index in [2.05, 4.69) is 17.2 Å². The highest BCUT2D eigenvalue weighted by Crippen LogP contribution is 2.13. The second kappa shape index (κ2) is 17.4. The standard InChI is InChI=1S/C22H38N2OS/c1-2-3-4-5-6-7-8-9-10-11-12-15-19-26-20-18-24-22(25)21-16-13-14-17-23-21/h13-14,16-17H,2-12,15,18-20H2,1H3,(H,24,25). The Bertz CT molecular complexity index is 439. The number of nitrogens with one attached hydrogen (secondary N) is 1. The first-order valence-electron chi connectivity index (χ1n) is 10.6. The number of pyridine rings is 1. The van der Waals surface area contributed by atoms with Crippen LogP contribution in [-0.2, 0) is 0 Å². The van der Waals surface area contributed by atoms with Gasteiger partial charge in [-0.15, -0.1) is 0 Å². The van der Waals surface area contributed by atoms with Crippen molar-refractivity contribution >= 4 is 17.7 Å². The molecule has 3 nitrogen and oxygen atoms in total. The van der Waals surface area contributed by atoms with Gasteiger partial charge in [0, 0.05) is 18.5 Å². The van der Waals surface area contributed by atoms with Crippen molar-refractivity contribution in [1.29, 1.82) is 0 Å². The van der Waals surface area contributed by atoms with Gasteiger partial charge in [-0.1, -0.05) is 83.6 Å². The van der Waals surface area contributed by atoms with E-state index in [0.717, 1.165) is 12.3 Å². The Balaban J connectivity index is 1.76. The topological polar surface area (TPSA) is 42.0 Å². The summed E-state index contributed by atoms with van der Waals surface area (Å²) in [7, 11) is 0. The summed E-state index contributed by atoms with van der Waals surface area (Å²) in [6, 6.07) is 5.40. The Morgan fingerprint density at radius 3 is 2.08 bits per heavy atom. The predicted octanol–water partition coefficient (Wildman–Crippen LogP) is 6.25. The van der Waals surface area contributed by atoms with Crippen LogP contribution >= 0.6 is 11.8 Å². The number of rotatable bonds is 17. The molecule has 0 aliphatic carbocycles. The summed E-state index contributed by atoms with van der Waals surface area (Å²) in [5.74, 6) is 2.12. The predicted molar refractivity (Wildman–Crippen MR) is 115 cm³/mol. The Morgan fingerprint density at radius 1 is 0.885 bits per heavy atom. The monoisotopic (exact) mass is 378 g/mol. The van der Waals surface area contributed by atoms with E-state index in [1.165, 1.54) is 82.8 Å². The number of thioether (sulfide) groups is 1. The molecule has 1 aromatic rings. The first-order chi connectivity index (χ1) is 12.8. The molecule has 0 saturated heterocycles. The quantitative estimate of drug-likeness (QED) is 0.326. The van der Waals surface area contributed by atoms with E-state index in [0.29, 0.717) is 5.69 Å². The van der Waals surface area contributed by atoms with Crippen LogP contribution in [0.5, 0.6) is 0 Å².